The van der Waals surface area contributed by atoms with Gasteiger partial charge in [0, 0.05) is 24.7 Å². The Morgan fingerprint density at radius 2 is 2.03 bits per heavy atom. The SMILES string of the molecule is C=C/C=C\C(=C/N)CN1C(=O)c2cc3occc3n2CC1(C)C(=O)NC1CCCCCCC1. The van der Waals surface area contributed by atoms with Crippen molar-refractivity contribution in [3.8, 4) is 0 Å². The van der Waals surface area contributed by atoms with Crippen LogP contribution in [0.25, 0.3) is 11.1 Å². The Kier molecular flexibility index (Phi) is 6.77. The average Bonchev–Trinajstić information content (AvgIpc) is 3.37. The van der Waals surface area contributed by atoms with E-state index in [0.717, 1.165) is 36.8 Å². The first kappa shape index (κ1) is 23.0. The largest absolute Gasteiger partial charge is 0.463 e. The lowest BCUT2D eigenvalue weighted by Gasteiger charge is -2.44. The van der Waals surface area contributed by atoms with Crippen LogP contribution in [0.4, 0.5) is 0 Å². The van der Waals surface area contributed by atoms with Gasteiger partial charge in [-0.3, -0.25) is 9.59 Å². The molecule has 7 nitrogen and oxygen atoms in total. The monoisotopic (exact) mass is 450 g/mol. The van der Waals surface area contributed by atoms with Gasteiger partial charge >= 0.3 is 0 Å². The van der Waals surface area contributed by atoms with Crippen molar-refractivity contribution in [3.63, 3.8) is 0 Å². The fourth-order valence-electron chi connectivity index (χ4n) is 5.00. The molecule has 2 aromatic rings. The van der Waals surface area contributed by atoms with E-state index in [1.54, 1.807) is 29.4 Å². The Hall–Kier alpha value is -3.22. The van der Waals surface area contributed by atoms with Gasteiger partial charge in [-0.2, -0.15) is 0 Å². The van der Waals surface area contributed by atoms with E-state index < -0.39 is 5.54 Å². The zero-order valence-electron chi connectivity index (χ0n) is 19.4. The highest BCUT2D eigenvalue weighted by Crippen LogP contribution is 2.33. The van der Waals surface area contributed by atoms with Crippen LogP contribution < -0.4 is 11.1 Å². The minimum Gasteiger partial charge on any atom is -0.463 e. The van der Waals surface area contributed by atoms with Crippen LogP contribution in [0.3, 0.4) is 0 Å². The summed E-state index contributed by atoms with van der Waals surface area (Å²) in [6.07, 6.45) is 16.2. The van der Waals surface area contributed by atoms with Gasteiger partial charge in [0.15, 0.2) is 5.58 Å². The number of furan rings is 1. The molecule has 4 rings (SSSR count). The second kappa shape index (κ2) is 9.73. The topological polar surface area (TPSA) is 93.5 Å². The summed E-state index contributed by atoms with van der Waals surface area (Å²) in [6, 6.07) is 3.73. The van der Waals surface area contributed by atoms with Gasteiger partial charge in [-0.25, -0.2) is 0 Å². The van der Waals surface area contributed by atoms with E-state index in [-0.39, 0.29) is 24.4 Å². The molecule has 1 aliphatic carbocycles. The number of hydrogen-bond acceptors (Lipinski definition) is 4. The van der Waals surface area contributed by atoms with Gasteiger partial charge < -0.3 is 24.9 Å². The zero-order chi connectivity index (χ0) is 23.4. The Morgan fingerprint density at radius 3 is 2.73 bits per heavy atom. The predicted molar refractivity (Wildman–Crippen MR) is 130 cm³/mol. The molecule has 33 heavy (non-hydrogen) atoms. The molecule has 0 saturated heterocycles. The molecule has 1 aliphatic heterocycles. The second-order valence-corrected chi connectivity index (χ2v) is 9.30. The first-order valence-electron chi connectivity index (χ1n) is 11.9. The van der Waals surface area contributed by atoms with E-state index in [0.29, 0.717) is 17.8 Å². The van der Waals surface area contributed by atoms with Crippen molar-refractivity contribution >= 4 is 22.9 Å². The number of fused-ring (bicyclic) bond motifs is 3. The standard InChI is InChI=1S/C26H34N4O3/c1-3-4-10-19(16-27)17-30-24(31)22-15-23-21(13-14-33-23)29(22)18-26(30,2)25(32)28-20-11-8-6-5-7-9-12-20/h3-4,10,13-16,20H,1,5-9,11-12,17-18,27H2,2H3,(H,28,32)/b10-4-,19-16+. The fourth-order valence-corrected chi connectivity index (χ4v) is 5.00. The van der Waals surface area contributed by atoms with Crippen LogP contribution in [0.2, 0.25) is 0 Å². The minimum absolute atomic E-state index is 0.124. The van der Waals surface area contributed by atoms with Crippen LogP contribution in [0.5, 0.6) is 0 Å². The number of hydrogen-bond donors (Lipinski definition) is 2. The van der Waals surface area contributed by atoms with Gasteiger partial charge in [0.05, 0.1) is 18.3 Å². The average molecular weight is 451 g/mol. The fraction of sp³-hybridized carbons (Fsp3) is 0.462. The molecular weight excluding hydrogens is 416 g/mol. The lowest BCUT2D eigenvalue weighted by molar-refractivity contribution is -0.133. The lowest BCUT2D eigenvalue weighted by Crippen LogP contribution is -2.65. The number of aromatic nitrogens is 1. The van der Waals surface area contributed by atoms with E-state index in [1.165, 1.54) is 25.5 Å². The summed E-state index contributed by atoms with van der Waals surface area (Å²) < 4.78 is 7.44. The van der Waals surface area contributed by atoms with Crippen LogP contribution >= 0.6 is 0 Å². The van der Waals surface area contributed by atoms with E-state index in [4.69, 9.17) is 10.2 Å². The van der Waals surface area contributed by atoms with Crippen LogP contribution in [0.1, 0.15) is 62.4 Å². The minimum atomic E-state index is -1.08. The number of nitrogens with two attached hydrogens (primary N) is 1. The van der Waals surface area contributed by atoms with Crippen molar-refractivity contribution in [3.05, 3.63) is 60.7 Å². The summed E-state index contributed by atoms with van der Waals surface area (Å²) in [6.45, 7) is 6.12. The number of nitrogens with zero attached hydrogens (tertiary/aromatic N) is 2. The maximum absolute atomic E-state index is 13.8. The Labute approximate surface area is 195 Å². The molecule has 0 radical (unpaired) electrons. The maximum Gasteiger partial charge on any atom is 0.271 e. The molecule has 1 fully saturated rings. The smallest absolute Gasteiger partial charge is 0.271 e. The third kappa shape index (κ3) is 4.49. The molecule has 7 heteroatoms. The number of allylic oxidation sites excluding steroid dienone is 2. The Bertz CT molecular complexity index is 1080. The molecule has 1 atom stereocenters. The molecular formula is C26H34N4O3. The molecule has 0 spiro atoms. The summed E-state index contributed by atoms with van der Waals surface area (Å²) in [5.41, 5.74) is 7.50. The van der Waals surface area contributed by atoms with E-state index in [9.17, 15) is 9.59 Å². The molecule has 0 bridgehead atoms. The van der Waals surface area contributed by atoms with Gasteiger partial charge in [-0.05, 0) is 31.5 Å². The van der Waals surface area contributed by atoms with Gasteiger partial charge in [-0.1, -0.05) is 56.9 Å². The van der Waals surface area contributed by atoms with Crippen molar-refractivity contribution < 1.29 is 14.0 Å². The van der Waals surface area contributed by atoms with E-state index in [1.807, 2.05) is 23.6 Å². The van der Waals surface area contributed by atoms with Gasteiger partial charge in [0.25, 0.3) is 5.91 Å². The summed E-state index contributed by atoms with van der Waals surface area (Å²) in [4.78, 5) is 29.1. The van der Waals surface area contributed by atoms with E-state index in [2.05, 4.69) is 11.9 Å². The zero-order valence-corrected chi connectivity index (χ0v) is 19.4. The molecule has 0 aromatic carbocycles. The van der Waals surface area contributed by atoms with Gasteiger partial charge in [0.1, 0.15) is 11.2 Å². The summed E-state index contributed by atoms with van der Waals surface area (Å²) in [7, 11) is 0. The molecule has 2 aromatic heterocycles. The maximum atomic E-state index is 13.8. The van der Waals surface area contributed by atoms with Crippen molar-refractivity contribution in [1.82, 2.24) is 14.8 Å². The van der Waals surface area contributed by atoms with Crippen molar-refractivity contribution in [2.24, 2.45) is 5.73 Å². The predicted octanol–water partition coefficient (Wildman–Crippen LogP) is 4.26. The summed E-state index contributed by atoms with van der Waals surface area (Å²) >= 11 is 0. The highest BCUT2D eigenvalue weighted by molar-refractivity contribution is 6.03. The first-order chi connectivity index (χ1) is 16.0. The van der Waals surface area contributed by atoms with Crippen molar-refractivity contribution in [1.29, 1.82) is 0 Å². The Morgan fingerprint density at radius 1 is 1.30 bits per heavy atom. The number of amides is 2. The van der Waals surface area contributed by atoms with Crippen LogP contribution in [0.15, 0.2) is 59.4 Å². The molecule has 1 saturated carbocycles. The molecule has 176 valence electrons. The van der Waals surface area contributed by atoms with Gasteiger partial charge in [-0.15, -0.1) is 0 Å². The third-order valence-corrected chi connectivity index (χ3v) is 6.98. The van der Waals surface area contributed by atoms with Crippen molar-refractivity contribution in [2.75, 3.05) is 6.54 Å². The number of carbonyl (C=O) groups is 2. The number of rotatable bonds is 6. The van der Waals surface area contributed by atoms with Crippen LogP contribution in [0, 0.1) is 0 Å². The molecule has 3 heterocycles. The highest BCUT2D eigenvalue weighted by atomic mass is 16.3. The van der Waals surface area contributed by atoms with Crippen molar-refractivity contribution in [2.45, 2.75) is 70.0 Å². The molecule has 1 unspecified atom stereocenters. The normalized spacial score (nSPS) is 22.9. The quantitative estimate of drug-likeness (QED) is 0.643. The number of carbonyl (C=O) groups excluding carboxylic acids is 2. The summed E-state index contributed by atoms with van der Waals surface area (Å²) in [5, 5.41) is 3.29. The molecule has 2 aliphatic rings. The van der Waals surface area contributed by atoms with Gasteiger partial charge in [0.2, 0.25) is 5.91 Å². The molecule has 2 amide bonds. The van der Waals surface area contributed by atoms with E-state index >= 15 is 0 Å². The van der Waals surface area contributed by atoms with Crippen LogP contribution in [-0.2, 0) is 11.3 Å². The first-order valence-corrected chi connectivity index (χ1v) is 11.9. The third-order valence-electron chi connectivity index (χ3n) is 6.98. The lowest BCUT2D eigenvalue weighted by atomic mass is 9.91. The van der Waals surface area contributed by atoms with Crippen LogP contribution in [-0.4, -0.2) is 39.4 Å². The second-order valence-electron chi connectivity index (χ2n) is 9.30. The Balaban J connectivity index is 1.68. The molecule has 3 N–H and O–H groups in total. The summed E-state index contributed by atoms with van der Waals surface area (Å²) in [5.74, 6) is -0.337. The number of nitrogens with one attached hydrogen (secondary N) is 1. The highest BCUT2D eigenvalue weighted by Gasteiger charge is 2.48.